The van der Waals surface area contributed by atoms with Gasteiger partial charge in [-0.15, -0.1) is 0 Å². The van der Waals surface area contributed by atoms with Crippen molar-refractivity contribution in [2.75, 3.05) is 0 Å². The first-order valence-electron chi connectivity index (χ1n) is 6.41. The van der Waals surface area contributed by atoms with Crippen molar-refractivity contribution in [2.24, 2.45) is 5.84 Å². The van der Waals surface area contributed by atoms with Gasteiger partial charge in [0.25, 0.3) is 0 Å². The van der Waals surface area contributed by atoms with Gasteiger partial charge in [0, 0.05) is 17.2 Å². The van der Waals surface area contributed by atoms with E-state index in [2.05, 4.69) is 58.5 Å². The molecule has 0 bridgehead atoms. The lowest BCUT2D eigenvalue weighted by Gasteiger charge is -2.18. The molecule has 1 aromatic heterocycles. The summed E-state index contributed by atoms with van der Waals surface area (Å²) in [5.74, 6) is 5.74. The molecule has 2 aromatic rings. The third kappa shape index (κ3) is 3.05. The molecule has 1 aromatic carbocycles. The lowest BCUT2D eigenvalue weighted by molar-refractivity contribution is 0.521. The minimum Gasteiger partial charge on any atom is -0.271 e. The molecule has 3 N–H and O–H groups in total. The number of nitrogens with two attached hydrogens (primary N) is 1. The van der Waals surface area contributed by atoms with E-state index in [1.165, 1.54) is 5.56 Å². The number of nitrogens with one attached hydrogen (secondary N) is 1. The van der Waals surface area contributed by atoms with Gasteiger partial charge in [0.15, 0.2) is 0 Å². The van der Waals surface area contributed by atoms with Crippen molar-refractivity contribution in [1.29, 1.82) is 0 Å². The SMILES string of the molecule is CCCn1nccc1C(NN)c1ccc(C)c(Br)c1. The number of aryl methyl sites for hydroxylation is 2. The topological polar surface area (TPSA) is 55.9 Å². The number of hydrogen-bond donors (Lipinski definition) is 2. The molecule has 0 saturated carbocycles. The van der Waals surface area contributed by atoms with E-state index in [-0.39, 0.29) is 6.04 Å². The van der Waals surface area contributed by atoms with E-state index in [1.807, 2.05) is 16.9 Å². The fourth-order valence-electron chi connectivity index (χ4n) is 2.13. The van der Waals surface area contributed by atoms with Crippen molar-refractivity contribution < 1.29 is 0 Å². The Morgan fingerprint density at radius 3 is 2.84 bits per heavy atom. The van der Waals surface area contributed by atoms with Crippen LogP contribution in [-0.4, -0.2) is 9.78 Å². The van der Waals surface area contributed by atoms with Crippen molar-refractivity contribution in [3.8, 4) is 0 Å². The highest BCUT2D eigenvalue weighted by Gasteiger charge is 2.17. The Morgan fingerprint density at radius 2 is 2.21 bits per heavy atom. The van der Waals surface area contributed by atoms with Crippen molar-refractivity contribution in [2.45, 2.75) is 32.9 Å². The zero-order valence-corrected chi connectivity index (χ0v) is 12.8. The van der Waals surface area contributed by atoms with Gasteiger partial charge in [-0.05, 0) is 36.6 Å². The van der Waals surface area contributed by atoms with Crippen LogP contribution in [0.25, 0.3) is 0 Å². The molecule has 0 fully saturated rings. The Morgan fingerprint density at radius 1 is 1.42 bits per heavy atom. The van der Waals surface area contributed by atoms with Crippen molar-refractivity contribution in [1.82, 2.24) is 15.2 Å². The minimum absolute atomic E-state index is 0.0500. The first-order valence-corrected chi connectivity index (χ1v) is 7.20. The number of halogens is 1. The van der Waals surface area contributed by atoms with E-state index >= 15 is 0 Å². The third-order valence-electron chi connectivity index (χ3n) is 3.18. The highest BCUT2D eigenvalue weighted by Crippen LogP contribution is 2.26. The van der Waals surface area contributed by atoms with Crippen LogP contribution in [-0.2, 0) is 6.54 Å². The Kier molecular flexibility index (Phi) is 4.74. The van der Waals surface area contributed by atoms with Gasteiger partial charge in [-0.2, -0.15) is 5.10 Å². The highest BCUT2D eigenvalue weighted by atomic mass is 79.9. The average Bonchev–Trinajstić information content (AvgIpc) is 2.83. The quantitative estimate of drug-likeness (QED) is 0.657. The van der Waals surface area contributed by atoms with Crippen LogP contribution in [0, 0.1) is 6.92 Å². The van der Waals surface area contributed by atoms with Gasteiger partial charge in [0.1, 0.15) is 0 Å². The van der Waals surface area contributed by atoms with Gasteiger partial charge in [-0.3, -0.25) is 10.5 Å². The molecule has 0 radical (unpaired) electrons. The Balaban J connectivity index is 2.38. The van der Waals surface area contributed by atoms with Gasteiger partial charge in [-0.25, -0.2) is 5.43 Å². The Hall–Kier alpha value is -1.17. The molecule has 19 heavy (non-hydrogen) atoms. The number of hydrogen-bond acceptors (Lipinski definition) is 3. The summed E-state index contributed by atoms with van der Waals surface area (Å²) >= 11 is 3.57. The lowest BCUT2D eigenvalue weighted by Crippen LogP contribution is -2.30. The second kappa shape index (κ2) is 6.32. The minimum atomic E-state index is -0.0500. The number of aromatic nitrogens is 2. The molecular formula is C14H19BrN4. The van der Waals surface area contributed by atoms with Crippen LogP contribution in [0.2, 0.25) is 0 Å². The summed E-state index contributed by atoms with van der Waals surface area (Å²) in [4.78, 5) is 0. The zero-order valence-electron chi connectivity index (χ0n) is 11.2. The molecule has 5 heteroatoms. The van der Waals surface area contributed by atoms with Crippen LogP contribution in [0.5, 0.6) is 0 Å². The second-order valence-electron chi connectivity index (χ2n) is 4.59. The fourth-order valence-corrected chi connectivity index (χ4v) is 2.52. The van der Waals surface area contributed by atoms with Crippen LogP contribution in [0.1, 0.15) is 36.2 Å². The molecule has 0 aliphatic heterocycles. The molecule has 0 aliphatic carbocycles. The number of hydrazine groups is 1. The van der Waals surface area contributed by atoms with Crippen molar-refractivity contribution in [3.63, 3.8) is 0 Å². The normalized spacial score (nSPS) is 12.6. The highest BCUT2D eigenvalue weighted by molar-refractivity contribution is 9.10. The predicted octanol–water partition coefficient (Wildman–Crippen LogP) is 2.92. The lowest BCUT2D eigenvalue weighted by atomic mass is 10.0. The smallest absolute Gasteiger partial charge is 0.0878 e. The standard InChI is InChI=1S/C14H19BrN4/c1-3-8-19-13(6-7-17-19)14(18-16)11-5-4-10(2)12(15)9-11/h4-7,9,14,18H,3,8,16H2,1-2H3. The molecule has 0 amide bonds. The summed E-state index contributed by atoms with van der Waals surface area (Å²) in [5.41, 5.74) is 6.30. The summed E-state index contributed by atoms with van der Waals surface area (Å²) in [6.07, 6.45) is 2.86. The van der Waals surface area contributed by atoms with E-state index in [4.69, 9.17) is 5.84 Å². The predicted molar refractivity (Wildman–Crippen MR) is 80.6 cm³/mol. The average molecular weight is 323 g/mol. The van der Waals surface area contributed by atoms with Gasteiger partial charge < -0.3 is 0 Å². The summed E-state index contributed by atoms with van der Waals surface area (Å²) < 4.78 is 3.09. The summed E-state index contributed by atoms with van der Waals surface area (Å²) in [5, 5.41) is 4.35. The van der Waals surface area contributed by atoms with E-state index in [9.17, 15) is 0 Å². The number of nitrogens with zero attached hydrogens (tertiary/aromatic N) is 2. The Bertz CT molecular complexity index is 550. The molecular weight excluding hydrogens is 304 g/mol. The molecule has 1 atom stereocenters. The molecule has 1 heterocycles. The van der Waals surface area contributed by atoms with Crippen LogP contribution in [0.3, 0.4) is 0 Å². The third-order valence-corrected chi connectivity index (χ3v) is 4.03. The molecule has 0 spiro atoms. The monoisotopic (exact) mass is 322 g/mol. The largest absolute Gasteiger partial charge is 0.271 e. The second-order valence-corrected chi connectivity index (χ2v) is 5.44. The van der Waals surface area contributed by atoms with Crippen LogP contribution < -0.4 is 11.3 Å². The first kappa shape index (κ1) is 14.2. The number of rotatable bonds is 5. The molecule has 0 aliphatic rings. The van der Waals surface area contributed by atoms with Gasteiger partial charge in [0.05, 0.1) is 11.7 Å². The van der Waals surface area contributed by atoms with Gasteiger partial charge in [0.2, 0.25) is 0 Å². The summed E-state index contributed by atoms with van der Waals surface area (Å²) in [7, 11) is 0. The van der Waals surface area contributed by atoms with Gasteiger partial charge >= 0.3 is 0 Å². The van der Waals surface area contributed by atoms with E-state index in [0.29, 0.717) is 0 Å². The van der Waals surface area contributed by atoms with Crippen molar-refractivity contribution >= 4 is 15.9 Å². The maximum Gasteiger partial charge on any atom is 0.0878 e. The number of benzene rings is 1. The molecule has 4 nitrogen and oxygen atoms in total. The van der Waals surface area contributed by atoms with E-state index in [0.717, 1.165) is 28.7 Å². The van der Waals surface area contributed by atoms with E-state index in [1.54, 1.807) is 0 Å². The van der Waals surface area contributed by atoms with Crippen molar-refractivity contribution in [3.05, 3.63) is 51.8 Å². The summed E-state index contributed by atoms with van der Waals surface area (Å²) in [6, 6.07) is 8.24. The zero-order chi connectivity index (χ0) is 13.8. The Labute approximate surface area is 122 Å². The first-order chi connectivity index (χ1) is 9.17. The molecule has 1 unspecified atom stereocenters. The maximum absolute atomic E-state index is 5.74. The molecule has 0 saturated heterocycles. The summed E-state index contributed by atoms with van der Waals surface area (Å²) in [6.45, 7) is 5.10. The van der Waals surface area contributed by atoms with Crippen LogP contribution in [0.4, 0.5) is 0 Å². The van der Waals surface area contributed by atoms with E-state index < -0.39 is 0 Å². The van der Waals surface area contributed by atoms with Gasteiger partial charge in [-0.1, -0.05) is 35.0 Å². The molecule has 102 valence electrons. The van der Waals surface area contributed by atoms with Crippen LogP contribution >= 0.6 is 15.9 Å². The fraction of sp³-hybridized carbons (Fsp3) is 0.357. The maximum atomic E-state index is 5.74. The van der Waals surface area contributed by atoms with Crippen LogP contribution in [0.15, 0.2) is 34.9 Å². The molecule has 2 rings (SSSR count).